The number of benzene rings is 2. The molecule has 0 spiro atoms. The van der Waals surface area contributed by atoms with Crippen LogP contribution < -0.4 is 5.32 Å². The second-order valence-corrected chi connectivity index (χ2v) is 9.43. The summed E-state index contributed by atoms with van der Waals surface area (Å²) in [5.41, 5.74) is 3.30. The lowest BCUT2D eigenvalue weighted by atomic mass is 9.89. The van der Waals surface area contributed by atoms with Crippen molar-refractivity contribution in [1.82, 2.24) is 19.5 Å². The Morgan fingerprint density at radius 3 is 2.46 bits per heavy atom. The Balaban J connectivity index is 1.41. The number of carbonyl (C=O) groups is 2. The molecule has 0 saturated carbocycles. The number of esters is 1. The Morgan fingerprint density at radius 1 is 1.03 bits per heavy atom. The molecule has 1 aliphatic heterocycles. The van der Waals surface area contributed by atoms with Crippen molar-refractivity contribution in [3.63, 3.8) is 0 Å². The minimum Gasteiger partial charge on any atom is -0.462 e. The molecule has 0 radical (unpaired) electrons. The molecule has 37 heavy (non-hydrogen) atoms. The van der Waals surface area contributed by atoms with Gasteiger partial charge in [-0.2, -0.15) is 9.61 Å². The van der Waals surface area contributed by atoms with Crippen LogP contribution in [0.4, 0.5) is 5.82 Å². The Kier molecular flexibility index (Phi) is 7.37. The third-order valence-electron chi connectivity index (χ3n) is 6.68. The third-order valence-corrected chi connectivity index (χ3v) is 6.93. The molecule has 2 aromatic carbocycles. The van der Waals surface area contributed by atoms with E-state index in [-0.39, 0.29) is 18.1 Å². The van der Waals surface area contributed by atoms with Crippen LogP contribution in [0.1, 0.15) is 57.5 Å². The van der Waals surface area contributed by atoms with Gasteiger partial charge in [0.05, 0.1) is 12.8 Å². The molecule has 1 saturated heterocycles. The lowest BCUT2D eigenvalue weighted by Crippen LogP contribution is -2.38. The fourth-order valence-corrected chi connectivity index (χ4v) is 4.84. The minimum atomic E-state index is -0.498. The molecule has 5 rings (SSSR count). The number of rotatable bonds is 7. The Morgan fingerprint density at radius 2 is 1.76 bits per heavy atom. The fraction of sp³-hybridized carbons (Fsp3) is 0.286. The summed E-state index contributed by atoms with van der Waals surface area (Å²) in [5, 5.41) is 8.48. The fourth-order valence-electron chi connectivity index (χ4n) is 4.71. The highest BCUT2D eigenvalue weighted by Crippen LogP contribution is 2.30. The molecular formula is C28H28ClN5O3. The van der Waals surface area contributed by atoms with Crippen LogP contribution >= 0.6 is 11.6 Å². The van der Waals surface area contributed by atoms with Gasteiger partial charge in [0.25, 0.3) is 5.91 Å². The largest absolute Gasteiger partial charge is 0.462 e. The first-order valence-electron chi connectivity index (χ1n) is 12.4. The Labute approximate surface area is 220 Å². The van der Waals surface area contributed by atoms with E-state index in [9.17, 15) is 9.59 Å². The summed E-state index contributed by atoms with van der Waals surface area (Å²) in [4.78, 5) is 32.4. The van der Waals surface area contributed by atoms with Crippen LogP contribution in [0.5, 0.6) is 0 Å². The maximum Gasteiger partial charge on any atom is 0.343 e. The van der Waals surface area contributed by atoms with Gasteiger partial charge in [-0.3, -0.25) is 4.79 Å². The molecule has 3 heterocycles. The van der Waals surface area contributed by atoms with E-state index in [0.717, 1.165) is 23.4 Å². The summed E-state index contributed by atoms with van der Waals surface area (Å²) in [6.45, 7) is 3.74. The van der Waals surface area contributed by atoms with Crippen LogP contribution in [0.15, 0.2) is 67.0 Å². The SMILES string of the molecule is CCOC(=O)c1cnn2c(NCc3ccccc3)c(C(=O)N3CCC(c4ccc(Cl)cc4)CC3)cnc12. The van der Waals surface area contributed by atoms with Crippen LogP contribution in [0, 0.1) is 0 Å². The highest BCUT2D eigenvalue weighted by molar-refractivity contribution is 6.30. The lowest BCUT2D eigenvalue weighted by molar-refractivity contribution is 0.0528. The summed E-state index contributed by atoms with van der Waals surface area (Å²) in [7, 11) is 0. The van der Waals surface area contributed by atoms with Gasteiger partial charge in [-0.1, -0.05) is 54.1 Å². The number of nitrogens with one attached hydrogen (secondary N) is 1. The number of hydrogen-bond donors (Lipinski definition) is 1. The normalized spacial score (nSPS) is 14.1. The molecule has 0 atom stereocenters. The maximum absolute atomic E-state index is 13.7. The molecule has 1 amide bonds. The van der Waals surface area contributed by atoms with Gasteiger partial charge in [-0.25, -0.2) is 9.78 Å². The zero-order valence-corrected chi connectivity index (χ0v) is 21.3. The molecule has 1 N–H and O–H groups in total. The topological polar surface area (TPSA) is 88.8 Å². The number of hydrogen-bond acceptors (Lipinski definition) is 6. The van der Waals surface area contributed by atoms with Crippen LogP contribution in [0.3, 0.4) is 0 Å². The van der Waals surface area contributed by atoms with Crippen molar-refractivity contribution in [2.45, 2.75) is 32.2 Å². The molecule has 9 heteroatoms. The molecule has 0 aliphatic carbocycles. The van der Waals surface area contributed by atoms with E-state index >= 15 is 0 Å². The van der Waals surface area contributed by atoms with Crippen molar-refractivity contribution in [2.75, 3.05) is 25.0 Å². The van der Waals surface area contributed by atoms with E-state index in [0.29, 0.717) is 42.6 Å². The number of carbonyl (C=O) groups excluding carboxylic acids is 2. The van der Waals surface area contributed by atoms with Crippen molar-refractivity contribution in [2.24, 2.45) is 0 Å². The number of ether oxygens (including phenoxy) is 1. The summed E-state index contributed by atoms with van der Waals surface area (Å²) in [6.07, 6.45) is 4.69. The van der Waals surface area contributed by atoms with E-state index in [1.54, 1.807) is 6.92 Å². The standard InChI is InChI=1S/C28H28ClN5O3/c1-2-37-28(36)24-18-32-34-25(30-16-19-6-4-3-5-7-19)23(17-31-26(24)34)27(35)33-14-12-21(13-15-33)20-8-10-22(29)11-9-20/h3-11,17-18,21,30H,2,12-16H2,1H3. The van der Waals surface area contributed by atoms with Crippen molar-refractivity contribution >= 4 is 34.9 Å². The van der Waals surface area contributed by atoms with Gasteiger partial charge in [-0.05, 0) is 48.9 Å². The number of aromatic nitrogens is 3. The molecular weight excluding hydrogens is 490 g/mol. The molecule has 1 fully saturated rings. The zero-order valence-electron chi connectivity index (χ0n) is 20.6. The number of piperidine rings is 1. The minimum absolute atomic E-state index is 0.118. The zero-order chi connectivity index (χ0) is 25.8. The molecule has 8 nitrogen and oxygen atoms in total. The Bertz CT molecular complexity index is 1400. The summed E-state index contributed by atoms with van der Waals surface area (Å²) in [6, 6.07) is 17.8. The second kappa shape index (κ2) is 11.0. The van der Waals surface area contributed by atoms with Crippen LogP contribution in [0.2, 0.25) is 5.02 Å². The smallest absolute Gasteiger partial charge is 0.343 e. The third kappa shape index (κ3) is 5.29. The van der Waals surface area contributed by atoms with E-state index in [1.165, 1.54) is 22.5 Å². The van der Waals surface area contributed by atoms with Gasteiger partial charge in [0.1, 0.15) is 16.9 Å². The van der Waals surface area contributed by atoms with Gasteiger partial charge in [0, 0.05) is 30.9 Å². The second-order valence-electron chi connectivity index (χ2n) is 8.99. The van der Waals surface area contributed by atoms with Gasteiger partial charge in [0.15, 0.2) is 5.65 Å². The average Bonchev–Trinajstić information content (AvgIpc) is 3.37. The van der Waals surface area contributed by atoms with E-state index in [2.05, 4.69) is 27.5 Å². The monoisotopic (exact) mass is 517 g/mol. The molecule has 2 aromatic heterocycles. The number of fused-ring (bicyclic) bond motifs is 1. The first-order valence-corrected chi connectivity index (χ1v) is 12.8. The highest BCUT2D eigenvalue weighted by atomic mass is 35.5. The molecule has 1 aliphatic rings. The highest BCUT2D eigenvalue weighted by Gasteiger charge is 2.28. The van der Waals surface area contributed by atoms with Gasteiger partial charge >= 0.3 is 5.97 Å². The maximum atomic E-state index is 13.7. The number of halogens is 1. The molecule has 0 unspecified atom stereocenters. The van der Waals surface area contributed by atoms with E-state index < -0.39 is 5.97 Å². The first kappa shape index (κ1) is 24.8. The van der Waals surface area contributed by atoms with E-state index in [1.807, 2.05) is 47.4 Å². The number of amides is 1. The van der Waals surface area contributed by atoms with Gasteiger partial charge in [-0.15, -0.1) is 0 Å². The summed E-state index contributed by atoms with van der Waals surface area (Å²) in [5.74, 6) is 0.264. The van der Waals surface area contributed by atoms with Crippen molar-refractivity contribution in [3.05, 3.63) is 94.3 Å². The lowest BCUT2D eigenvalue weighted by Gasteiger charge is -2.32. The summed E-state index contributed by atoms with van der Waals surface area (Å²) < 4.78 is 6.67. The Hall–Kier alpha value is -3.91. The molecule has 0 bridgehead atoms. The van der Waals surface area contributed by atoms with Gasteiger partial charge in [0.2, 0.25) is 0 Å². The van der Waals surface area contributed by atoms with Crippen LogP contribution in [-0.4, -0.2) is 51.1 Å². The summed E-state index contributed by atoms with van der Waals surface area (Å²) >= 11 is 6.04. The first-order chi connectivity index (χ1) is 18.0. The van der Waals surface area contributed by atoms with E-state index in [4.69, 9.17) is 16.3 Å². The number of nitrogens with zero attached hydrogens (tertiary/aromatic N) is 4. The number of likely N-dealkylation sites (tertiary alicyclic amines) is 1. The molecule has 4 aromatic rings. The van der Waals surface area contributed by atoms with Crippen LogP contribution in [-0.2, 0) is 11.3 Å². The quantitative estimate of drug-likeness (QED) is 0.339. The number of anilines is 1. The van der Waals surface area contributed by atoms with Gasteiger partial charge < -0.3 is 15.0 Å². The van der Waals surface area contributed by atoms with Crippen molar-refractivity contribution in [3.8, 4) is 0 Å². The predicted octanol–water partition coefficient (Wildman–Crippen LogP) is 5.19. The van der Waals surface area contributed by atoms with Crippen LogP contribution in [0.25, 0.3) is 5.65 Å². The van der Waals surface area contributed by atoms with Crippen molar-refractivity contribution in [1.29, 1.82) is 0 Å². The molecule has 190 valence electrons. The van der Waals surface area contributed by atoms with Crippen molar-refractivity contribution < 1.29 is 14.3 Å². The average molecular weight is 518 g/mol. The predicted molar refractivity (Wildman–Crippen MR) is 142 cm³/mol.